The van der Waals surface area contributed by atoms with Crippen LogP contribution >= 0.6 is 0 Å². The van der Waals surface area contributed by atoms with Crippen molar-refractivity contribution in [1.82, 2.24) is 4.98 Å². The Morgan fingerprint density at radius 1 is 1.33 bits per heavy atom. The van der Waals surface area contributed by atoms with Crippen LogP contribution in [0.25, 0.3) is 10.9 Å². The van der Waals surface area contributed by atoms with E-state index in [1.165, 1.54) is 6.92 Å². The lowest BCUT2D eigenvalue weighted by Crippen LogP contribution is -1.98. The van der Waals surface area contributed by atoms with Gasteiger partial charge in [0.2, 0.25) is 5.88 Å². The standard InChI is InChI=1S/C14H15NO3/c1-4-18-14-8-13(17-3)11-7-10(9(2)16)5-6-12(11)15-14/h5-8H,4H2,1-3H3. The fraction of sp³-hybridized carbons (Fsp3) is 0.286. The van der Waals surface area contributed by atoms with Crippen LogP contribution in [0.1, 0.15) is 24.2 Å². The van der Waals surface area contributed by atoms with Crippen LogP contribution in [0.15, 0.2) is 24.3 Å². The van der Waals surface area contributed by atoms with Gasteiger partial charge >= 0.3 is 0 Å². The molecule has 4 heteroatoms. The van der Waals surface area contributed by atoms with Gasteiger partial charge in [0.15, 0.2) is 5.78 Å². The number of rotatable bonds is 4. The first-order chi connectivity index (χ1) is 8.65. The zero-order chi connectivity index (χ0) is 13.1. The number of benzene rings is 1. The third-order valence-corrected chi connectivity index (χ3v) is 2.67. The van der Waals surface area contributed by atoms with Crippen LogP contribution in [0.3, 0.4) is 0 Å². The summed E-state index contributed by atoms with van der Waals surface area (Å²) >= 11 is 0. The average Bonchev–Trinajstić information content (AvgIpc) is 2.37. The van der Waals surface area contributed by atoms with Gasteiger partial charge < -0.3 is 9.47 Å². The maximum absolute atomic E-state index is 11.4. The summed E-state index contributed by atoms with van der Waals surface area (Å²) in [5, 5.41) is 0.814. The third-order valence-electron chi connectivity index (χ3n) is 2.67. The minimum absolute atomic E-state index is 0.0211. The minimum atomic E-state index is 0.0211. The summed E-state index contributed by atoms with van der Waals surface area (Å²) < 4.78 is 10.7. The molecule has 0 spiro atoms. The molecule has 0 aliphatic rings. The normalized spacial score (nSPS) is 10.4. The fourth-order valence-corrected chi connectivity index (χ4v) is 1.78. The summed E-state index contributed by atoms with van der Waals surface area (Å²) in [6, 6.07) is 7.08. The molecule has 0 saturated heterocycles. The highest BCUT2D eigenvalue weighted by Gasteiger charge is 2.09. The summed E-state index contributed by atoms with van der Waals surface area (Å²) in [7, 11) is 1.59. The van der Waals surface area contributed by atoms with Crippen LogP contribution in [0.2, 0.25) is 0 Å². The van der Waals surface area contributed by atoms with Crippen molar-refractivity contribution in [3.05, 3.63) is 29.8 Å². The van der Waals surface area contributed by atoms with Gasteiger partial charge in [-0.15, -0.1) is 0 Å². The van der Waals surface area contributed by atoms with Gasteiger partial charge in [0.1, 0.15) is 5.75 Å². The molecular formula is C14H15NO3. The molecule has 94 valence electrons. The predicted octanol–water partition coefficient (Wildman–Crippen LogP) is 2.84. The van der Waals surface area contributed by atoms with Crippen molar-refractivity contribution in [3.8, 4) is 11.6 Å². The Balaban J connectivity index is 2.63. The molecule has 0 unspecified atom stereocenters. The quantitative estimate of drug-likeness (QED) is 0.777. The van der Waals surface area contributed by atoms with E-state index in [2.05, 4.69) is 4.98 Å². The molecule has 0 N–H and O–H groups in total. The molecule has 0 aliphatic heterocycles. The van der Waals surface area contributed by atoms with Gasteiger partial charge in [0.25, 0.3) is 0 Å². The van der Waals surface area contributed by atoms with Gasteiger partial charge in [-0.05, 0) is 32.0 Å². The fourth-order valence-electron chi connectivity index (χ4n) is 1.78. The molecule has 1 aromatic carbocycles. The second-order valence-electron chi connectivity index (χ2n) is 3.88. The molecule has 2 rings (SSSR count). The Morgan fingerprint density at radius 3 is 2.72 bits per heavy atom. The van der Waals surface area contributed by atoms with Gasteiger partial charge in [-0.3, -0.25) is 4.79 Å². The Labute approximate surface area is 106 Å². The summed E-state index contributed by atoms with van der Waals surface area (Å²) in [5.74, 6) is 1.21. The maximum Gasteiger partial charge on any atom is 0.217 e. The van der Waals surface area contributed by atoms with Gasteiger partial charge in [-0.2, -0.15) is 0 Å². The number of hydrogen-bond donors (Lipinski definition) is 0. The molecule has 0 amide bonds. The smallest absolute Gasteiger partial charge is 0.217 e. The van der Waals surface area contributed by atoms with Crippen molar-refractivity contribution in [2.75, 3.05) is 13.7 Å². The number of methoxy groups -OCH3 is 1. The van der Waals surface area contributed by atoms with Crippen molar-refractivity contribution in [2.24, 2.45) is 0 Å². The van der Waals surface area contributed by atoms with Crippen LogP contribution < -0.4 is 9.47 Å². The average molecular weight is 245 g/mol. The summed E-state index contributed by atoms with van der Waals surface area (Å²) in [6.07, 6.45) is 0. The van der Waals surface area contributed by atoms with Gasteiger partial charge in [0.05, 0.1) is 19.2 Å². The minimum Gasteiger partial charge on any atom is -0.496 e. The number of carbonyl (C=O) groups is 1. The molecule has 0 bridgehead atoms. The monoisotopic (exact) mass is 245 g/mol. The number of ether oxygens (including phenoxy) is 2. The molecule has 0 fully saturated rings. The van der Waals surface area contributed by atoms with E-state index in [4.69, 9.17) is 9.47 Å². The number of pyridine rings is 1. The van der Waals surface area contributed by atoms with Crippen LogP contribution in [-0.4, -0.2) is 24.5 Å². The third kappa shape index (κ3) is 2.27. The molecule has 2 aromatic rings. The van der Waals surface area contributed by atoms with E-state index in [-0.39, 0.29) is 5.78 Å². The first-order valence-electron chi connectivity index (χ1n) is 5.78. The van der Waals surface area contributed by atoms with Crippen molar-refractivity contribution in [2.45, 2.75) is 13.8 Å². The van der Waals surface area contributed by atoms with Crippen LogP contribution in [0, 0.1) is 0 Å². The summed E-state index contributed by atoms with van der Waals surface area (Å²) in [5.41, 5.74) is 1.40. The largest absolute Gasteiger partial charge is 0.496 e. The van der Waals surface area contributed by atoms with E-state index < -0.39 is 0 Å². The number of fused-ring (bicyclic) bond motifs is 1. The van der Waals surface area contributed by atoms with Gasteiger partial charge in [0, 0.05) is 17.0 Å². The molecule has 1 heterocycles. The van der Waals surface area contributed by atoms with Crippen molar-refractivity contribution in [3.63, 3.8) is 0 Å². The molecule has 0 saturated carbocycles. The van der Waals surface area contributed by atoms with Crippen molar-refractivity contribution < 1.29 is 14.3 Å². The van der Waals surface area contributed by atoms with E-state index in [1.54, 1.807) is 31.4 Å². The second-order valence-corrected chi connectivity index (χ2v) is 3.88. The van der Waals surface area contributed by atoms with Crippen LogP contribution in [0.5, 0.6) is 11.6 Å². The van der Waals surface area contributed by atoms with Gasteiger partial charge in [-0.1, -0.05) is 0 Å². The van der Waals surface area contributed by atoms with E-state index in [1.807, 2.05) is 6.92 Å². The molecule has 0 aliphatic carbocycles. The second kappa shape index (κ2) is 5.04. The summed E-state index contributed by atoms with van der Waals surface area (Å²) in [4.78, 5) is 15.7. The lowest BCUT2D eigenvalue weighted by atomic mass is 10.1. The van der Waals surface area contributed by atoms with Crippen molar-refractivity contribution >= 4 is 16.7 Å². The Hall–Kier alpha value is -2.10. The molecule has 18 heavy (non-hydrogen) atoms. The number of nitrogens with zero attached hydrogens (tertiary/aromatic N) is 1. The van der Waals surface area contributed by atoms with Gasteiger partial charge in [-0.25, -0.2) is 4.98 Å². The molecule has 0 atom stereocenters. The number of aromatic nitrogens is 1. The number of carbonyl (C=O) groups excluding carboxylic acids is 1. The molecule has 4 nitrogen and oxygen atoms in total. The van der Waals surface area contributed by atoms with Crippen LogP contribution in [0.4, 0.5) is 0 Å². The first-order valence-corrected chi connectivity index (χ1v) is 5.78. The lowest BCUT2D eigenvalue weighted by molar-refractivity contribution is 0.101. The Bertz CT molecular complexity index is 593. The molecular weight excluding hydrogens is 230 g/mol. The van der Waals surface area contributed by atoms with Crippen molar-refractivity contribution in [1.29, 1.82) is 0 Å². The highest BCUT2D eigenvalue weighted by Crippen LogP contribution is 2.29. The number of Topliss-reactive ketones (excluding diaryl/α,β-unsaturated/α-hetero) is 1. The highest BCUT2D eigenvalue weighted by atomic mass is 16.5. The predicted molar refractivity (Wildman–Crippen MR) is 69.5 cm³/mol. The van der Waals surface area contributed by atoms with E-state index >= 15 is 0 Å². The SMILES string of the molecule is CCOc1cc(OC)c2cc(C(C)=O)ccc2n1. The van der Waals surface area contributed by atoms with E-state index in [0.717, 1.165) is 10.9 Å². The first kappa shape index (κ1) is 12.4. The Kier molecular flexibility index (Phi) is 3.46. The summed E-state index contributed by atoms with van der Waals surface area (Å²) in [6.45, 7) is 3.99. The number of hydrogen-bond acceptors (Lipinski definition) is 4. The number of ketones is 1. The van der Waals surface area contributed by atoms with Crippen LogP contribution in [-0.2, 0) is 0 Å². The van der Waals surface area contributed by atoms with E-state index in [9.17, 15) is 4.79 Å². The topological polar surface area (TPSA) is 48.4 Å². The Morgan fingerprint density at radius 2 is 2.11 bits per heavy atom. The zero-order valence-electron chi connectivity index (χ0n) is 10.7. The zero-order valence-corrected chi connectivity index (χ0v) is 10.7. The van der Waals surface area contributed by atoms with E-state index in [0.29, 0.717) is 23.8 Å². The maximum atomic E-state index is 11.4. The molecule has 0 radical (unpaired) electrons. The molecule has 1 aromatic heterocycles. The lowest BCUT2D eigenvalue weighted by Gasteiger charge is -2.09. The highest BCUT2D eigenvalue weighted by molar-refractivity contribution is 5.99.